The van der Waals surface area contributed by atoms with E-state index in [9.17, 15) is 0 Å². The van der Waals surface area contributed by atoms with Gasteiger partial charge in [-0.3, -0.25) is 5.10 Å². The van der Waals surface area contributed by atoms with Crippen molar-refractivity contribution in [2.75, 3.05) is 13.1 Å². The van der Waals surface area contributed by atoms with E-state index in [2.05, 4.69) is 58.0 Å². The van der Waals surface area contributed by atoms with Gasteiger partial charge in [0.15, 0.2) is 0 Å². The highest BCUT2D eigenvalue weighted by Crippen LogP contribution is 2.35. The Hall–Kier alpha value is -2.13. The van der Waals surface area contributed by atoms with Crippen LogP contribution in [0.15, 0.2) is 48.5 Å². The first-order chi connectivity index (χ1) is 10.4. The molecule has 106 valence electrons. The largest absolute Gasteiger partial charge is 0.317 e. The molecule has 2 heterocycles. The monoisotopic (exact) mass is 277 g/mol. The fourth-order valence-electron chi connectivity index (χ4n) is 3.38. The van der Waals surface area contributed by atoms with Gasteiger partial charge < -0.3 is 5.32 Å². The first-order valence-electron chi connectivity index (χ1n) is 7.66. The average molecular weight is 277 g/mol. The molecule has 1 fully saturated rings. The summed E-state index contributed by atoms with van der Waals surface area (Å²) < 4.78 is 0. The molecule has 0 radical (unpaired) electrons. The number of piperidine rings is 1. The highest BCUT2D eigenvalue weighted by atomic mass is 15.1. The van der Waals surface area contributed by atoms with Gasteiger partial charge in [0.05, 0.1) is 5.52 Å². The minimum Gasteiger partial charge on any atom is -0.317 e. The van der Waals surface area contributed by atoms with E-state index in [0.29, 0.717) is 5.92 Å². The molecule has 3 heteroatoms. The van der Waals surface area contributed by atoms with E-state index in [1.54, 1.807) is 0 Å². The van der Waals surface area contributed by atoms with E-state index in [4.69, 9.17) is 0 Å². The van der Waals surface area contributed by atoms with Gasteiger partial charge in [0.1, 0.15) is 5.69 Å². The number of rotatable bonds is 2. The molecule has 0 atom stereocenters. The van der Waals surface area contributed by atoms with Crippen LogP contribution in [-0.2, 0) is 0 Å². The van der Waals surface area contributed by atoms with Crippen molar-refractivity contribution >= 4 is 10.9 Å². The highest BCUT2D eigenvalue weighted by Gasteiger charge is 2.20. The standard InChI is InChI=1S/C18H19N3/c1-2-5-14(6-3-1)18-17-15(13-9-11-19-12-10-13)7-4-8-16(17)20-21-18/h1-8,13,19H,9-12H2,(H,20,21). The predicted molar refractivity (Wildman–Crippen MR) is 86.4 cm³/mol. The zero-order chi connectivity index (χ0) is 14.1. The molecule has 0 saturated carbocycles. The molecule has 1 aliphatic heterocycles. The van der Waals surface area contributed by atoms with Crippen molar-refractivity contribution in [2.24, 2.45) is 0 Å². The smallest absolute Gasteiger partial charge is 0.100 e. The molecule has 1 aliphatic rings. The Morgan fingerprint density at radius 1 is 0.905 bits per heavy atom. The second kappa shape index (κ2) is 5.34. The Kier molecular flexibility index (Phi) is 3.20. The van der Waals surface area contributed by atoms with Crippen LogP contribution in [0.4, 0.5) is 0 Å². The highest BCUT2D eigenvalue weighted by molar-refractivity contribution is 5.95. The number of hydrogen-bond donors (Lipinski definition) is 2. The van der Waals surface area contributed by atoms with Crippen LogP contribution in [0.1, 0.15) is 24.3 Å². The van der Waals surface area contributed by atoms with Gasteiger partial charge >= 0.3 is 0 Å². The van der Waals surface area contributed by atoms with E-state index < -0.39 is 0 Å². The first-order valence-corrected chi connectivity index (χ1v) is 7.66. The Balaban J connectivity index is 1.89. The van der Waals surface area contributed by atoms with Crippen LogP contribution in [0.5, 0.6) is 0 Å². The van der Waals surface area contributed by atoms with Gasteiger partial charge in [-0.1, -0.05) is 42.5 Å². The van der Waals surface area contributed by atoms with Gasteiger partial charge in [-0.05, 0) is 43.5 Å². The Bertz CT molecular complexity index is 740. The Morgan fingerprint density at radius 3 is 2.52 bits per heavy atom. The maximum Gasteiger partial charge on any atom is 0.100 e. The second-order valence-corrected chi connectivity index (χ2v) is 5.73. The van der Waals surface area contributed by atoms with Crippen molar-refractivity contribution in [1.29, 1.82) is 0 Å². The van der Waals surface area contributed by atoms with E-state index in [-0.39, 0.29) is 0 Å². The number of nitrogens with zero attached hydrogens (tertiary/aromatic N) is 1. The third-order valence-corrected chi connectivity index (χ3v) is 4.45. The van der Waals surface area contributed by atoms with Crippen LogP contribution in [0.3, 0.4) is 0 Å². The molecule has 0 aliphatic carbocycles. The molecule has 0 spiro atoms. The first kappa shape index (κ1) is 12.6. The van der Waals surface area contributed by atoms with Crippen molar-refractivity contribution in [3.05, 3.63) is 54.1 Å². The Labute approximate surface area is 124 Å². The fraction of sp³-hybridized carbons (Fsp3) is 0.278. The average Bonchev–Trinajstić information content (AvgIpc) is 3.00. The normalized spacial score (nSPS) is 16.4. The lowest BCUT2D eigenvalue weighted by Gasteiger charge is -2.23. The van der Waals surface area contributed by atoms with E-state index in [1.165, 1.54) is 29.4 Å². The molecule has 2 aromatic carbocycles. The summed E-state index contributed by atoms with van der Waals surface area (Å²) in [6.45, 7) is 2.22. The summed E-state index contributed by atoms with van der Waals surface area (Å²) in [4.78, 5) is 0. The van der Waals surface area contributed by atoms with Crippen LogP contribution >= 0.6 is 0 Å². The van der Waals surface area contributed by atoms with E-state index >= 15 is 0 Å². The summed E-state index contributed by atoms with van der Waals surface area (Å²) in [5, 5.41) is 12.5. The zero-order valence-electron chi connectivity index (χ0n) is 12.0. The summed E-state index contributed by atoms with van der Waals surface area (Å²) in [5.41, 5.74) is 4.86. The number of fused-ring (bicyclic) bond motifs is 1. The van der Waals surface area contributed by atoms with Gasteiger partial charge in [0, 0.05) is 10.9 Å². The van der Waals surface area contributed by atoms with E-state index in [1.807, 2.05) is 6.07 Å². The lowest BCUT2D eigenvalue weighted by Crippen LogP contribution is -2.26. The van der Waals surface area contributed by atoms with Crippen molar-refractivity contribution < 1.29 is 0 Å². The number of nitrogens with one attached hydrogen (secondary N) is 2. The quantitative estimate of drug-likeness (QED) is 0.750. The number of aromatic nitrogens is 2. The molecule has 0 unspecified atom stereocenters. The molecule has 1 saturated heterocycles. The molecule has 3 nitrogen and oxygen atoms in total. The number of aromatic amines is 1. The molecular weight excluding hydrogens is 258 g/mol. The molecule has 0 amide bonds. The lowest BCUT2D eigenvalue weighted by molar-refractivity contribution is 0.462. The number of benzene rings is 2. The summed E-state index contributed by atoms with van der Waals surface area (Å²) in [5.74, 6) is 0.634. The van der Waals surface area contributed by atoms with Crippen LogP contribution < -0.4 is 5.32 Å². The van der Waals surface area contributed by atoms with Crippen molar-refractivity contribution in [1.82, 2.24) is 15.5 Å². The minimum absolute atomic E-state index is 0.634. The van der Waals surface area contributed by atoms with Crippen LogP contribution in [0.25, 0.3) is 22.2 Å². The molecular formula is C18H19N3. The van der Waals surface area contributed by atoms with Crippen LogP contribution in [0.2, 0.25) is 0 Å². The van der Waals surface area contributed by atoms with E-state index in [0.717, 1.165) is 24.3 Å². The van der Waals surface area contributed by atoms with Gasteiger partial charge in [0.2, 0.25) is 0 Å². The van der Waals surface area contributed by atoms with Crippen molar-refractivity contribution in [3.63, 3.8) is 0 Å². The third kappa shape index (κ3) is 2.24. The SMILES string of the molecule is c1ccc(-c2n[nH]c3cccc(C4CCNCC4)c23)cc1. The zero-order valence-corrected chi connectivity index (χ0v) is 12.0. The number of hydrogen-bond acceptors (Lipinski definition) is 2. The maximum absolute atomic E-state index is 4.58. The molecule has 1 aromatic heterocycles. The lowest BCUT2D eigenvalue weighted by atomic mass is 9.87. The molecule has 21 heavy (non-hydrogen) atoms. The second-order valence-electron chi connectivity index (χ2n) is 5.73. The van der Waals surface area contributed by atoms with Gasteiger partial charge in [-0.25, -0.2) is 0 Å². The molecule has 3 aromatic rings. The molecule has 2 N–H and O–H groups in total. The topological polar surface area (TPSA) is 40.7 Å². The van der Waals surface area contributed by atoms with Gasteiger partial charge in [-0.2, -0.15) is 5.10 Å². The van der Waals surface area contributed by atoms with Crippen molar-refractivity contribution in [3.8, 4) is 11.3 Å². The Morgan fingerprint density at radius 2 is 1.71 bits per heavy atom. The summed E-state index contributed by atoms with van der Waals surface area (Å²) >= 11 is 0. The van der Waals surface area contributed by atoms with Crippen molar-refractivity contribution in [2.45, 2.75) is 18.8 Å². The molecule has 4 rings (SSSR count). The number of H-pyrrole nitrogens is 1. The van der Waals surface area contributed by atoms with Gasteiger partial charge in [0.25, 0.3) is 0 Å². The van der Waals surface area contributed by atoms with Gasteiger partial charge in [-0.15, -0.1) is 0 Å². The third-order valence-electron chi connectivity index (χ3n) is 4.45. The summed E-state index contributed by atoms with van der Waals surface area (Å²) in [6.07, 6.45) is 2.41. The van der Waals surface area contributed by atoms with Crippen LogP contribution in [0, 0.1) is 0 Å². The fourth-order valence-corrected chi connectivity index (χ4v) is 3.38. The summed E-state index contributed by atoms with van der Waals surface area (Å²) in [7, 11) is 0. The molecule has 0 bridgehead atoms. The summed E-state index contributed by atoms with van der Waals surface area (Å²) in [6, 6.07) is 17.0. The van der Waals surface area contributed by atoms with Crippen LogP contribution in [-0.4, -0.2) is 23.3 Å². The minimum atomic E-state index is 0.634. The maximum atomic E-state index is 4.58. The predicted octanol–water partition coefficient (Wildman–Crippen LogP) is 3.70.